The minimum atomic E-state index is 0.390. The van der Waals surface area contributed by atoms with Crippen LogP contribution in [0.4, 0.5) is 0 Å². The molecule has 1 aromatic rings. The van der Waals surface area contributed by atoms with E-state index in [1.54, 1.807) is 6.20 Å². The number of ether oxygens (including phenoxy) is 1. The molecule has 0 aromatic carbocycles. The molecule has 0 aliphatic heterocycles. The lowest BCUT2D eigenvalue weighted by Gasteiger charge is -2.26. The Hall–Kier alpha value is -1.05. The molecule has 2 rings (SSSR count). The summed E-state index contributed by atoms with van der Waals surface area (Å²) >= 11 is 0. The standard InChI is InChI=1S/C12H17NO/c1-10-5-7-11(8-6-10)14-12-4-2-3-9-13-12/h2-4,9-11H,5-8H2,1H3. The number of hydrogen-bond acceptors (Lipinski definition) is 2. The van der Waals surface area contributed by atoms with E-state index >= 15 is 0 Å². The van der Waals surface area contributed by atoms with Crippen molar-refractivity contribution in [3.05, 3.63) is 24.4 Å². The molecule has 1 fully saturated rings. The second kappa shape index (κ2) is 4.45. The fraction of sp³-hybridized carbons (Fsp3) is 0.583. The second-order valence-electron chi connectivity index (χ2n) is 4.17. The molecule has 2 nitrogen and oxygen atoms in total. The molecule has 0 saturated heterocycles. The van der Waals surface area contributed by atoms with E-state index in [0.29, 0.717) is 6.10 Å². The summed E-state index contributed by atoms with van der Waals surface area (Å²) in [5, 5.41) is 0. The zero-order chi connectivity index (χ0) is 9.80. The van der Waals surface area contributed by atoms with Crippen molar-refractivity contribution in [1.82, 2.24) is 4.98 Å². The van der Waals surface area contributed by atoms with Gasteiger partial charge >= 0.3 is 0 Å². The van der Waals surface area contributed by atoms with Gasteiger partial charge in [0.1, 0.15) is 6.10 Å². The molecule has 0 unspecified atom stereocenters. The maximum absolute atomic E-state index is 5.79. The van der Waals surface area contributed by atoms with E-state index in [0.717, 1.165) is 11.8 Å². The van der Waals surface area contributed by atoms with E-state index in [9.17, 15) is 0 Å². The first-order chi connectivity index (χ1) is 6.84. The highest BCUT2D eigenvalue weighted by atomic mass is 16.5. The third kappa shape index (κ3) is 2.47. The third-order valence-electron chi connectivity index (χ3n) is 2.89. The molecule has 0 bridgehead atoms. The summed E-state index contributed by atoms with van der Waals surface area (Å²) in [6.07, 6.45) is 7.10. The molecule has 1 heterocycles. The van der Waals surface area contributed by atoms with Gasteiger partial charge in [0.05, 0.1) is 0 Å². The summed E-state index contributed by atoms with van der Waals surface area (Å²) in [6.45, 7) is 2.32. The van der Waals surface area contributed by atoms with Crippen molar-refractivity contribution < 1.29 is 4.74 Å². The van der Waals surface area contributed by atoms with Gasteiger partial charge in [-0.25, -0.2) is 4.98 Å². The van der Waals surface area contributed by atoms with Crippen molar-refractivity contribution in [2.45, 2.75) is 38.7 Å². The number of aromatic nitrogens is 1. The van der Waals surface area contributed by atoms with Crippen LogP contribution in [0.25, 0.3) is 0 Å². The van der Waals surface area contributed by atoms with Crippen LogP contribution in [0.3, 0.4) is 0 Å². The van der Waals surface area contributed by atoms with Gasteiger partial charge in [-0.05, 0) is 37.7 Å². The Morgan fingerprint density at radius 3 is 2.64 bits per heavy atom. The van der Waals surface area contributed by atoms with Crippen LogP contribution < -0.4 is 4.74 Å². The Balaban J connectivity index is 1.87. The molecule has 0 amide bonds. The van der Waals surface area contributed by atoms with E-state index in [-0.39, 0.29) is 0 Å². The van der Waals surface area contributed by atoms with Gasteiger partial charge in [-0.2, -0.15) is 0 Å². The molecule has 1 saturated carbocycles. The zero-order valence-corrected chi connectivity index (χ0v) is 8.65. The Bertz CT molecular complexity index is 265. The summed E-state index contributed by atoms with van der Waals surface area (Å²) < 4.78 is 5.79. The van der Waals surface area contributed by atoms with Gasteiger partial charge in [-0.15, -0.1) is 0 Å². The molecule has 76 valence electrons. The first-order valence-electron chi connectivity index (χ1n) is 5.42. The van der Waals surface area contributed by atoms with E-state index < -0.39 is 0 Å². The summed E-state index contributed by atoms with van der Waals surface area (Å²) in [5.74, 6) is 1.64. The van der Waals surface area contributed by atoms with Gasteiger partial charge in [-0.1, -0.05) is 13.0 Å². The molecule has 2 heteroatoms. The highest BCUT2D eigenvalue weighted by Gasteiger charge is 2.19. The average Bonchev–Trinajstić information content (AvgIpc) is 2.23. The SMILES string of the molecule is CC1CCC(Oc2ccccn2)CC1. The summed E-state index contributed by atoms with van der Waals surface area (Å²) in [4.78, 5) is 4.17. The Morgan fingerprint density at radius 2 is 2.00 bits per heavy atom. The molecule has 0 atom stereocenters. The first-order valence-corrected chi connectivity index (χ1v) is 5.42. The van der Waals surface area contributed by atoms with Crippen LogP contribution in [0.5, 0.6) is 5.88 Å². The van der Waals surface area contributed by atoms with Crippen molar-refractivity contribution in [3.8, 4) is 5.88 Å². The molecule has 0 radical (unpaired) electrons. The maximum Gasteiger partial charge on any atom is 0.213 e. The van der Waals surface area contributed by atoms with Gasteiger partial charge < -0.3 is 4.74 Å². The summed E-state index contributed by atoms with van der Waals surface area (Å²) in [6, 6.07) is 5.81. The number of pyridine rings is 1. The van der Waals surface area contributed by atoms with Crippen molar-refractivity contribution in [2.75, 3.05) is 0 Å². The highest BCUT2D eigenvalue weighted by Crippen LogP contribution is 2.26. The van der Waals surface area contributed by atoms with Crippen LogP contribution in [0.15, 0.2) is 24.4 Å². The molecular formula is C12H17NO. The third-order valence-corrected chi connectivity index (χ3v) is 2.89. The normalized spacial score (nSPS) is 27.2. The van der Waals surface area contributed by atoms with Crippen LogP contribution in [0.2, 0.25) is 0 Å². The van der Waals surface area contributed by atoms with Gasteiger partial charge in [-0.3, -0.25) is 0 Å². The van der Waals surface area contributed by atoms with E-state index in [1.165, 1.54) is 25.7 Å². The molecule has 0 spiro atoms. The second-order valence-corrected chi connectivity index (χ2v) is 4.17. The minimum Gasteiger partial charge on any atom is -0.474 e. The fourth-order valence-electron chi connectivity index (χ4n) is 1.93. The van der Waals surface area contributed by atoms with Gasteiger partial charge in [0.2, 0.25) is 5.88 Å². The van der Waals surface area contributed by atoms with Crippen molar-refractivity contribution in [1.29, 1.82) is 0 Å². The first kappa shape index (κ1) is 9.50. The quantitative estimate of drug-likeness (QED) is 0.716. The molecular weight excluding hydrogens is 174 g/mol. The van der Waals surface area contributed by atoms with Crippen LogP contribution >= 0.6 is 0 Å². The minimum absolute atomic E-state index is 0.390. The largest absolute Gasteiger partial charge is 0.474 e. The number of hydrogen-bond donors (Lipinski definition) is 0. The predicted octanol–water partition coefficient (Wildman–Crippen LogP) is 3.04. The Labute approximate surface area is 85.3 Å². The van der Waals surface area contributed by atoms with Crippen molar-refractivity contribution in [3.63, 3.8) is 0 Å². The van der Waals surface area contributed by atoms with Gasteiger partial charge in [0.15, 0.2) is 0 Å². The lowest BCUT2D eigenvalue weighted by Crippen LogP contribution is -2.23. The molecule has 14 heavy (non-hydrogen) atoms. The highest BCUT2D eigenvalue weighted by molar-refractivity contribution is 5.09. The van der Waals surface area contributed by atoms with Crippen molar-refractivity contribution >= 4 is 0 Å². The molecule has 1 aliphatic carbocycles. The maximum atomic E-state index is 5.79. The van der Waals surface area contributed by atoms with Crippen LogP contribution in [0.1, 0.15) is 32.6 Å². The van der Waals surface area contributed by atoms with E-state index in [1.807, 2.05) is 18.2 Å². The predicted molar refractivity (Wildman–Crippen MR) is 56.3 cm³/mol. The topological polar surface area (TPSA) is 22.1 Å². The van der Waals surface area contributed by atoms with Crippen molar-refractivity contribution in [2.24, 2.45) is 5.92 Å². The number of rotatable bonds is 2. The lowest BCUT2D eigenvalue weighted by atomic mass is 9.89. The summed E-state index contributed by atoms with van der Waals surface area (Å²) in [7, 11) is 0. The van der Waals surface area contributed by atoms with E-state index in [4.69, 9.17) is 4.74 Å². The molecule has 1 aromatic heterocycles. The number of nitrogens with zero attached hydrogens (tertiary/aromatic N) is 1. The Kier molecular flexibility index (Phi) is 3.02. The van der Waals surface area contributed by atoms with Gasteiger partial charge in [0.25, 0.3) is 0 Å². The van der Waals surface area contributed by atoms with Gasteiger partial charge in [0, 0.05) is 12.3 Å². The smallest absolute Gasteiger partial charge is 0.213 e. The van der Waals surface area contributed by atoms with Crippen LogP contribution in [-0.2, 0) is 0 Å². The van der Waals surface area contributed by atoms with Crippen LogP contribution in [0, 0.1) is 5.92 Å². The summed E-state index contributed by atoms with van der Waals surface area (Å²) in [5.41, 5.74) is 0. The van der Waals surface area contributed by atoms with E-state index in [2.05, 4.69) is 11.9 Å². The monoisotopic (exact) mass is 191 g/mol. The Morgan fingerprint density at radius 1 is 1.21 bits per heavy atom. The molecule has 1 aliphatic rings. The lowest BCUT2D eigenvalue weighted by molar-refractivity contribution is 0.130. The zero-order valence-electron chi connectivity index (χ0n) is 8.65. The fourth-order valence-corrected chi connectivity index (χ4v) is 1.93. The molecule has 0 N–H and O–H groups in total. The average molecular weight is 191 g/mol. The van der Waals surface area contributed by atoms with Crippen LogP contribution in [-0.4, -0.2) is 11.1 Å².